The number of aliphatic hydroxyl groups excluding tert-OH is 1. The number of allylic oxidation sites excluding steroid dienone is 4. The molecule has 358 valence electrons. The van der Waals surface area contributed by atoms with Crippen LogP contribution in [0.2, 0.25) is 0 Å². The summed E-state index contributed by atoms with van der Waals surface area (Å²) >= 11 is 0. The Morgan fingerprint density at radius 1 is 0.508 bits per heavy atom. The Morgan fingerprint density at radius 2 is 0.852 bits per heavy atom. The van der Waals surface area contributed by atoms with Gasteiger partial charge in [0.1, 0.15) is 12.7 Å². The first-order chi connectivity index (χ1) is 29.6. The Bertz CT molecular complexity index is 1130. The van der Waals surface area contributed by atoms with Crippen LogP contribution in [0.15, 0.2) is 24.3 Å². The molecule has 0 aromatic rings. The molecular weight excluding hydrogens is 794 g/mol. The van der Waals surface area contributed by atoms with Crippen molar-refractivity contribution in [2.24, 2.45) is 0 Å². The molecule has 0 rings (SSSR count). The van der Waals surface area contributed by atoms with E-state index in [2.05, 4.69) is 43.5 Å². The van der Waals surface area contributed by atoms with Crippen LogP contribution < -0.4 is 5.32 Å². The maximum Gasteiger partial charge on any atom is 0.472 e. The highest BCUT2D eigenvalue weighted by Crippen LogP contribution is 2.43. The summed E-state index contributed by atoms with van der Waals surface area (Å²) in [5.41, 5.74) is 0. The van der Waals surface area contributed by atoms with E-state index in [1.54, 1.807) is 0 Å². The summed E-state index contributed by atoms with van der Waals surface area (Å²) in [7, 11) is -4.76. The molecule has 0 aromatic heterocycles. The summed E-state index contributed by atoms with van der Waals surface area (Å²) in [5, 5.41) is 21.9. The Morgan fingerprint density at radius 3 is 1.25 bits per heavy atom. The Kier molecular flexibility index (Phi) is 43.1. The number of esters is 1. The monoisotopic (exact) mass is 886 g/mol. The molecule has 0 aromatic carbocycles. The quantitative estimate of drug-likeness (QED) is 0.0200. The van der Waals surface area contributed by atoms with Crippen molar-refractivity contribution in [2.45, 2.75) is 251 Å². The molecule has 0 aliphatic heterocycles. The first-order valence-electron chi connectivity index (χ1n) is 24.9. The van der Waals surface area contributed by atoms with Crippen molar-refractivity contribution in [3.05, 3.63) is 24.3 Å². The first kappa shape index (κ1) is 59.0. The average molecular weight is 886 g/mol. The molecule has 0 bridgehead atoms. The number of carbonyl (C=O) groups excluding carboxylic acids is 2. The summed E-state index contributed by atoms with van der Waals surface area (Å²) in [5.74, 6) is -2.37. The molecule has 0 heterocycles. The number of nitrogens with one attached hydrogen (secondary N) is 1. The fraction of sp³-hybridized carbons (Fsp3) is 0.857. The molecule has 0 aliphatic rings. The SMILES string of the molecule is CCCCCCCC/C=C/CCCCCCCCCCCC(=O)NC(COP(=O)(O)OCC(O)COC(=O)CCCCCCCCC/C=C\CCCCCCCCC)C(=O)O. The second-order valence-corrected chi connectivity index (χ2v) is 18.5. The van der Waals surface area contributed by atoms with Crippen LogP contribution in [0, 0.1) is 0 Å². The van der Waals surface area contributed by atoms with Gasteiger partial charge in [0.2, 0.25) is 5.91 Å². The largest absolute Gasteiger partial charge is 0.480 e. The number of carboxylic acid groups (broad SMARTS) is 1. The van der Waals surface area contributed by atoms with Gasteiger partial charge in [-0.2, -0.15) is 0 Å². The van der Waals surface area contributed by atoms with Gasteiger partial charge in [-0.3, -0.25) is 18.6 Å². The Labute approximate surface area is 372 Å². The zero-order valence-electron chi connectivity index (χ0n) is 39.0. The zero-order chi connectivity index (χ0) is 44.9. The molecule has 12 heteroatoms. The van der Waals surface area contributed by atoms with E-state index in [-0.39, 0.29) is 12.8 Å². The van der Waals surface area contributed by atoms with E-state index in [0.717, 1.165) is 44.9 Å². The van der Waals surface area contributed by atoms with E-state index in [0.29, 0.717) is 12.8 Å². The molecule has 3 unspecified atom stereocenters. The van der Waals surface area contributed by atoms with Crippen molar-refractivity contribution in [1.82, 2.24) is 5.32 Å². The lowest BCUT2D eigenvalue weighted by Gasteiger charge is -2.18. The van der Waals surface area contributed by atoms with Crippen molar-refractivity contribution in [2.75, 3.05) is 19.8 Å². The van der Waals surface area contributed by atoms with Crippen LogP contribution in [0.3, 0.4) is 0 Å². The van der Waals surface area contributed by atoms with E-state index in [4.69, 9.17) is 13.8 Å². The van der Waals surface area contributed by atoms with E-state index >= 15 is 0 Å². The fourth-order valence-electron chi connectivity index (χ4n) is 7.07. The number of amides is 1. The number of hydrogen-bond donors (Lipinski definition) is 4. The molecule has 0 spiro atoms. The van der Waals surface area contributed by atoms with Gasteiger partial charge in [-0.25, -0.2) is 9.36 Å². The number of rotatable bonds is 47. The van der Waals surface area contributed by atoms with Gasteiger partial charge in [-0.05, 0) is 64.2 Å². The van der Waals surface area contributed by atoms with Gasteiger partial charge in [-0.15, -0.1) is 0 Å². The summed E-state index contributed by atoms with van der Waals surface area (Å²) in [6, 6.07) is -1.55. The molecule has 1 amide bonds. The Balaban J connectivity index is 3.84. The fourth-order valence-corrected chi connectivity index (χ4v) is 7.84. The molecular formula is C49H92NO10P. The van der Waals surface area contributed by atoms with Crippen LogP contribution in [0.4, 0.5) is 0 Å². The number of ether oxygens (including phenoxy) is 1. The van der Waals surface area contributed by atoms with Gasteiger partial charge in [0, 0.05) is 12.8 Å². The van der Waals surface area contributed by atoms with Crippen LogP contribution in [0.1, 0.15) is 239 Å². The number of aliphatic hydroxyl groups is 1. The minimum Gasteiger partial charge on any atom is -0.480 e. The lowest BCUT2D eigenvalue weighted by Crippen LogP contribution is -2.43. The van der Waals surface area contributed by atoms with Crippen LogP contribution in [0.25, 0.3) is 0 Å². The number of carbonyl (C=O) groups is 3. The maximum atomic E-state index is 12.3. The topological polar surface area (TPSA) is 169 Å². The van der Waals surface area contributed by atoms with Crippen molar-refractivity contribution >= 4 is 25.7 Å². The zero-order valence-corrected chi connectivity index (χ0v) is 39.9. The van der Waals surface area contributed by atoms with Gasteiger partial charge in [-0.1, -0.05) is 186 Å². The standard InChI is InChI=1S/C49H92NO10P/c1-3-5-7-9-11-13-15-17-19-21-23-24-26-28-30-32-34-36-38-40-47(52)50-46(49(54)55)44-60-61(56,57)59-43-45(51)42-58-48(53)41-39-37-35-33-31-29-27-25-22-20-18-16-14-12-10-8-6-4-2/h17,19-20,22,45-46,51H,3-16,18,21,23-44H2,1-2H3,(H,50,52)(H,54,55)(H,56,57)/b19-17+,22-20-. The van der Waals surface area contributed by atoms with E-state index < -0.39 is 57.6 Å². The van der Waals surface area contributed by atoms with Crippen molar-refractivity contribution in [3.8, 4) is 0 Å². The number of phosphoric acid groups is 1. The lowest BCUT2D eigenvalue weighted by atomic mass is 10.1. The third-order valence-electron chi connectivity index (χ3n) is 11.0. The predicted octanol–water partition coefficient (Wildman–Crippen LogP) is 13.4. The molecule has 11 nitrogen and oxygen atoms in total. The van der Waals surface area contributed by atoms with Gasteiger partial charge in [0.05, 0.1) is 13.2 Å². The number of unbranched alkanes of at least 4 members (excludes halogenated alkanes) is 29. The molecule has 0 saturated heterocycles. The number of phosphoric ester groups is 1. The molecule has 61 heavy (non-hydrogen) atoms. The molecule has 0 aliphatic carbocycles. The average Bonchev–Trinajstić information content (AvgIpc) is 3.24. The minimum atomic E-state index is -4.76. The van der Waals surface area contributed by atoms with E-state index in [1.807, 2.05) is 0 Å². The smallest absolute Gasteiger partial charge is 0.472 e. The summed E-state index contributed by atoms with van der Waals surface area (Å²) in [6.07, 6.45) is 47.6. The van der Waals surface area contributed by atoms with Gasteiger partial charge in [0.15, 0.2) is 6.04 Å². The second-order valence-electron chi connectivity index (χ2n) is 17.0. The van der Waals surface area contributed by atoms with E-state index in [1.165, 1.54) is 154 Å². The highest BCUT2D eigenvalue weighted by Gasteiger charge is 2.28. The predicted molar refractivity (Wildman–Crippen MR) is 249 cm³/mol. The highest BCUT2D eigenvalue weighted by molar-refractivity contribution is 7.47. The Hall–Kier alpha value is -2.04. The van der Waals surface area contributed by atoms with E-state index in [9.17, 15) is 34.1 Å². The normalized spacial score (nSPS) is 13.8. The van der Waals surface area contributed by atoms with Crippen LogP contribution >= 0.6 is 7.82 Å². The summed E-state index contributed by atoms with van der Waals surface area (Å²) in [4.78, 5) is 46.1. The number of aliphatic carboxylic acids is 1. The third kappa shape index (κ3) is 44.4. The molecule has 4 N–H and O–H groups in total. The molecule has 0 radical (unpaired) electrons. The second kappa shape index (κ2) is 44.6. The van der Waals surface area contributed by atoms with Crippen LogP contribution in [0.5, 0.6) is 0 Å². The molecule has 3 atom stereocenters. The van der Waals surface area contributed by atoms with Crippen LogP contribution in [-0.4, -0.2) is 64.9 Å². The minimum absolute atomic E-state index is 0.145. The maximum absolute atomic E-state index is 12.3. The van der Waals surface area contributed by atoms with Crippen molar-refractivity contribution in [1.29, 1.82) is 0 Å². The van der Waals surface area contributed by atoms with Gasteiger partial charge in [0.25, 0.3) is 0 Å². The highest BCUT2D eigenvalue weighted by atomic mass is 31.2. The summed E-state index contributed by atoms with van der Waals surface area (Å²) < 4.78 is 26.9. The van der Waals surface area contributed by atoms with Gasteiger partial charge >= 0.3 is 19.8 Å². The lowest BCUT2D eigenvalue weighted by molar-refractivity contribution is -0.147. The first-order valence-corrected chi connectivity index (χ1v) is 26.4. The third-order valence-corrected chi connectivity index (χ3v) is 11.9. The van der Waals surface area contributed by atoms with Gasteiger partial charge < -0.3 is 25.2 Å². The van der Waals surface area contributed by atoms with Crippen molar-refractivity contribution in [3.63, 3.8) is 0 Å². The van der Waals surface area contributed by atoms with Crippen molar-refractivity contribution < 1.29 is 47.8 Å². The molecule has 0 fully saturated rings. The van der Waals surface area contributed by atoms with Crippen LogP contribution in [-0.2, 0) is 32.7 Å². The number of hydrogen-bond acceptors (Lipinski definition) is 8. The number of carboxylic acids is 1. The summed E-state index contributed by atoms with van der Waals surface area (Å²) in [6.45, 7) is 2.61. The molecule has 0 saturated carbocycles.